The van der Waals surface area contributed by atoms with Crippen molar-refractivity contribution in [3.8, 4) is 0 Å². The first kappa shape index (κ1) is 20.4. The Morgan fingerprint density at radius 3 is 2.37 bits per heavy atom. The van der Waals surface area contributed by atoms with Gasteiger partial charge in [0.2, 0.25) is 11.8 Å². The van der Waals surface area contributed by atoms with E-state index in [0.717, 1.165) is 12.1 Å². The Morgan fingerprint density at radius 1 is 1.17 bits per heavy atom. The van der Waals surface area contributed by atoms with Crippen LogP contribution in [0.4, 0.5) is 28.0 Å². The van der Waals surface area contributed by atoms with Crippen molar-refractivity contribution >= 4 is 23.6 Å². The van der Waals surface area contributed by atoms with Crippen LogP contribution < -0.4 is 15.5 Å². The molecule has 0 bridgehead atoms. The predicted octanol–water partition coefficient (Wildman–Crippen LogP) is 2.20. The van der Waals surface area contributed by atoms with Crippen LogP contribution >= 0.6 is 0 Å². The molecule has 3 fully saturated rings. The Bertz CT molecular complexity index is 873. The van der Waals surface area contributed by atoms with E-state index in [1.807, 2.05) is 0 Å². The number of imide groups is 1. The Kier molecular flexibility index (Phi) is 5.07. The lowest BCUT2D eigenvalue weighted by molar-refractivity contribution is -0.134. The van der Waals surface area contributed by atoms with Crippen LogP contribution in [0, 0.1) is 11.6 Å². The molecule has 1 unspecified atom stereocenters. The fourth-order valence-corrected chi connectivity index (χ4v) is 3.89. The minimum absolute atomic E-state index is 0.00272. The van der Waals surface area contributed by atoms with Gasteiger partial charge in [0, 0.05) is 36.6 Å². The zero-order chi connectivity index (χ0) is 21.6. The van der Waals surface area contributed by atoms with Gasteiger partial charge in [-0.15, -0.1) is 0 Å². The van der Waals surface area contributed by atoms with Gasteiger partial charge >= 0.3 is 6.09 Å². The molecule has 3 aliphatic rings. The number of alkyl carbamates (subject to hydrolysis) is 1. The number of rotatable bonds is 4. The van der Waals surface area contributed by atoms with Crippen molar-refractivity contribution in [2.24, 2.45) is 0 Å². The number of carbonyl (C=O) groups is 3. The molecule has 1 atom stereocenters. The van der Waals surface area contributed by atoms with Crippen molar-refractivity contribution in [2.75, 3.05) is 18.0 Å². The highest BCUT2D eigenvalue weighted by atomic mass is 19.3. The highest BCUT2D eigenvalue weighted by Gasteiger charge is 2.46. The molecule has 1 aromatic rings. The summed E-state index contributed by atoms with van der Waals surface area (Å²) in [6.45, 7) is 0.371. The third-order valence-corrected chi connectivity index (χ3v) is 5.55. The van der Waals surface area contributed by atoms with Crippen LogP contribution in [-0.4, -0.2) is 49.1 Å². The van der Waals surface area contributed by atoms with Crippen LogP contribution in [0.25, 0.3) is 0 Å². The molecule has 2 heterocycles. The molecule has 2 N–H and O–H groups in total. The van der Waals surface area contributed by atoms with Gasteiger partial charge in [0.15, 0.2) is 0 Å². The maximum atomic E-state index is 14.6. The number of piperidine rings is 1. The van der Waals surface area contributed by atoms with Crippen LogP contribution in [0.3, 0.4) is 0 Å². The van der Waals surface area contributed by atoms with E-state index in [1.165, 1.54) is 0 Å². The topological polar surface area (TPSA) is 87.7 Å². The van der Waals surface area contributed by atoms with Gasteiger partial charge < -0.3 is 15.0 Å². The van der Waals surface area contributed by atoms with Gasteiger partial charge in [-0.05, 0) is 18.6 Å². The first-order valence-electron chi connectivity index (χ1n) is 9.54. The number of ether oxygens (including phenoxy) is 1. The summed E-state index contributed by atoms with van der Waals surface area (Å²) in [6, 6.07) is 1.57. The normalized spacial score (nSPS) is 24.0. The first-order chi connectivity index (χ1) is 14.1. The van der Waals surface area contributed by atoms with Gasteiger partial charge in [0.1, 0.15) is 17.7 Å². The number of carbonyl (C=O) groups excluding carboxylic acids is 3. The zero-order valence-corrected chi connectivity index (χ0v) is 15.7. The summed E-state index contributed by atoms with van der Waals surface area (Å²) >= 11 is 0. The van der Waals surface area contributed by atoms with Gasteiger partial charge in [-0.1, -0.05) is 0 Å². The molecule has 0 aromatic heterocycles. The van der Waals surface area contributed by atoms with Crippen molar-refractivity contribution in [3.05, 3.63) is 29.3 Å². The lowest BCUT2D eigenvalue weighted by Crippen LogP contribution is -2.56. The molecule has 3 amide bonds. The molecule has 0 radical (unpaired) electrons. The number of alkyl halides is 2. The maximum Gasteiger partial charge on any atom is 0.407 e. The molecule has 4 rings (SSSR count). The van der Waals surface area contributed by atoms with Crippen molar-refractivity contribution in [1.82, 2.24) is 10.6 Å². The van der Waals surface area contributed by atoms with Crippen LogP contribution in [0.2, 0.25) is 0 Å². The summed E-state index contributed by atoms with van der Waals surface area (Å²) in [5.74, 6) is -6.83. The maximum absolute atomic E-state index is 14.6. The van der Waals surface area contributed by atoms with Gasteiger partial charge in [-0.25, -0.2) is 22.4 Å². The average Bonchev–Trinajstić information content (AvgIpc) is 2.57. The Hall–Kier alpha value is -2.85. The summed E-state index contributed by atoms with van der Waals surface area (Å²) in [4.78, 5) is 36.4. The van der Waals surface area contributed by atoms with E-state index in [-0.39, 0.29) is 37.2 Å². The fraction of sp³-hybridized carbons (Fsp3) is 0.526. The van der Waals surface area contributed by atoms with Gasteiger partial charge in [-0.2, -0.15) is 0 Å². The van der Waals surface area contributed by atoms with Gasteiger partial charge in [-0.3, -0.25) is 14.9 Å². The minimum atomic E-state index is -2.75. The summed E-state index contributed by atoms with van der Waals surface area (Å²) in [6.07, 6.45) is -2.15. The monoisotopic (exact) mass is 429 g/mol. The molecular formula is C19H19F4N3O4. The summed E-state index contributed by atoms with van der Waals surface area (Å²) in [5, 5.41) is 4.43. The lowest BCUT2D eigenvalue weighted by Gasteiger charge is -2.41. The van der Waals surface area contributed by atoms with Gasteiger partial charge in [0.05, 0.1) is 19.0 Å². The number of nitrogens with zero attached hydrogens (tertiary/aromatic N) is 1. The molecule has 2 saturated heterocycles. The van der Waals surface area contributed by atoms with E-state index in [4.69, 9.17) is 4.74 Å². The van der Waals surface area contributed by atoms with Crippen LogP contribution in [0.15, 0.2) is 12.1 Å². The Morgan fingerprint density at radius 2 is 1.80 bits per heavy atom. The molecular weight excluding hydrogens is 410 g/mol. The predicted molar refractivity (Wildman–Crippen MR) is 95.1 cm³/mol. The fourth-order valence-electron chi connectivity index (χ4n) is 3.89. The minimum Gasteiger partial charge on any atom is -0.442 e. The molecule has 11 heteroatoms. The second-order valence-electron chi connectivity index (χ2n) is 7.86. The number of amides is 3. The van der Waals surface area contributed by atoms with E-state index in [2.05, 4.69) is 10.6 Å². The van der Waals surface area contributed by atoms with Crippen LogP contribution in [-0.2, 0) is 14.3 Å². The van der Waals surface area contributed by atoms with Crippen molar-refractivity contribution in [2.45, 2.75) is 49.7 Å². The van der Waals surface area contributed by atoms with Crippen molar-refractivity contribution < 1.29 is 36.7 Å². The van der Waals surface area contributed by atoms with E-state index in [9.17, 15) is 31.9 Å². The quantitative estimate of drug-likeness (QED) is 0.566. The number of hydrogen-bond donors (Lipinski definition) is 2. The average molecular weight is 429 g/mol. The first-order valence-corrected chi connectivity index (χ1v) is 9.54. The summed E-state index contributed by atoms with van der Waals surface area (Å²) in [7, 11) is 0. The molecule has 1 aliphatic carbocycles. The Balaban J connectivity index is 1.32. The standard InChI is InChI=1S/C19H19F4N3O4/c20-13-3-10(4-14(21)16(13)12-1-2-15(27)25-17(12)28)26-7-11(8-26)30-18(29)24-9-5-19(22,23)6-9/h3-4,9,11-12H,1-2,5-8H2,(H,24,29)(H,25,27,28). The zero-order valence-electron chi connectivity index (χ0n) is 15.7. The van der Waals surface area contributed by atoms with Crippen LogP contribution in [0.5, 0.6) is 0 Å². The number of hydrogen-bond acceptors (Lipinski definition) is 5. The van der Waals surface area contributed by atoms with E-state index < -0.39 is 66.4 Å². The summed E-state index contributed by atoms with van der Waals surface area (Å²) in [5.41, 5.74) is -0.159. The molecule has 2 aliphatic heterocycles. The van der Waals surface area contributed by atoms with Crippen molar-refractivity contribution in [1.29, 1.82) is 0 Å². The molecule has 162 valence electrons. The third-order valence-electron chi connectivity index (χ3n) is 5.55. The number of anilines is 1. The highest BCUT2D eigenvalue weighted by Crippen LogP contribution is 2.37. The smallest absolute Gasteiger partial charge is 0.407 e. The van der Waals surface area contributed by atoms with E-state index in [0.29, 0.717) is 0 Å². The van der Waals surface area contributed by atoms with E-state index in [1.54, 1.807) is 4.90 Å². The second-order valence-corrected chi connectivity index (χ2v) is 7.86. The van der Waals surface area contributed by atoms with Gasteiger partial charge in [0.25, 0.3) is 5.92 Å². The molecule has 1 aromatic carbocycles. The molecule has 1 saturated carbocycles. The van der Waals surface area contributed by atoms with Crippen molar-refractivity contribution in [3.63, 3.8) is 0 Å². The number of halogens is 4. The molecule has 7 nitrogen and oxygen atoms in total. The SMILES string of the molecule is O=C1CCC(c2c(F)cc(N3CC(OC(=O)NC4CC(F)(F)C4)C3)cc2F)C(=O)N1. The van der Waals surface area contributed by atoms with Crippen LogP contribution in [0.1, 0.15) is 37.2 Å². The summed E-state index contributed by atoms with van der Waals surface area (Å²) < 4.78 is 59.8. The second kappa shape index (κ2) is 7.44. The molecule has 30 heavy (non-hydrogen) atoms. The Labute approximate surface area is 168 Å². The lowest BCUT2D eigenvalue weighted by atomic mass is 9.88. The number of benzene rings is 1. The van der Waals surface area contributed by atoms with E-state index >= 15 is 0 Å². The highest BCUT2D eigenvalue weighted by molar-refractivity contribution is 6.01. The molecule has 0 spiro atoms. The largest absolute Gasteiger partial charge is 0.442 e. The number of nitrogens with one attached hydrogen (secondary N) is 2. The third kappa shape index (κ3) is 4.05.